The van der Waals surface area contributed by atoms with Gasteiger partial charge >= 0.3 is 6.03 Å². The van der Waals surface area contributed by atoms with Gasteiger partial charge in [0.2, 0.25) is 0 Å². The van der Waals surface area contributed by atoms with Crippen molar-refractivity contribution in [3.8, 4) is 6.07 Å². The van der Waals surface area contributed by atoms with Crippen molar-refractivity contribution in [1.29, 1.82) is 5.26 Å². The van der Waals surface area contributed by atoms with E-state index in [4.69, 9.17) is 5.26 Å². The molecule has 2 N–H and O–H groups in total. The molecule has 1 aliphatic heterocycles. The third kappa shape index (κ3) is 4.62. The van der Waals surface area contributed by atoms with Crippen LogP contribution < -0.4 is 15.5 Å². The Bertz CT molecular complexity index is 776. The smallest absolute Gasteiger partial charge is 0.322 e. The maximum Gasteiger partial charge on any atom is 0.322 e. The van der Waals surface area contributed by atoms with Gasteiger partial charge < -0.3 is 5.32 Å². The van der Waals surface area contributed by atoms with Gasteiger partial charge in [-0.05, 0) is 48.9 Å². The van der Waals surface area contributed by atoms with E-state index >= 15 is 0 Å². The molecule has 1 aliphatic rings. The second-order valence-corrected chi connectivity index (χ2v) is 6.76. The number of hydrogen-bond acceptors (Lipinski definition) is 3. The number of anilines is 1. The van der Waals surface area contributed by atoms with Crippen LogP contribution in [0.2, 0.25) is 0 Å². The highest BCUT2D eigenvalue weighted by molar-refractivity contribution is 5.91. The van der Waals surface area contributed by atoms with Crippen LogP contribution in [-0.2, 0) is 6.42 Å². The fourth-order valence-corrected chi connectivity index (χ4v) is 3.31. The molecule has 2 aromatic rings. The number of urea groups is 1. The Labute approximate surface area is 154 Å². The van der Waals surface area contributed by atoms with Crippen molar-refractivity contribution in [3.05, 3.63) is 65.7 Å². The van der Waals surface area contributed by atoms with Gasteiger partial charge in [0.1, 0.15) is 0 Å². The predicted molar refractivity (Wildman–Crippen MR) is 103 cm³/mol. The standard InChI is InChI=1S/C21H24N4O/c1-25(19-9-5-8-17(13-19)14-22)21(26)24-20-11-10-18(15-23-20)12-16-6-3-2-4-7-16/h2-9,13,18,20,23H,10-12,15H2,1H3,(H,24,26)/t18-,20-/m0/s1. The number of benzene rings is 2. The molecule has 1 saturated heterocycles. The lowest BCUT2D eigenvalue weighted by molar-refractivity contribution is 0.228. The van der Waals surface area contributed by atoms with Gasteiger partial charge in [-0.3, -0.25) is 10.2 Å². The predicted octanol–water partition coefficient (Wildman–Crippen LogP) is 3.27. The van der Waals surface area contributed by atoms with Crippen LogP contribution in [0.15, 0.2) is 54.6 Å². The Balaban J connectivity index is 1.49. The summed E-state index contributed by atoms with van der Waals surface area (Å²) in [5.74, 6) is 0.593. The molecule has 1 fully saturated rings. The number of carbonyl (C=O) groups is 1. The van der Waals surface area contributed by atoms with Crippen molar-refractivity contribution in [2.75, 3.05) is 18.5 Å². The van der Waals surface area contributed by atoms with E-state index < -0.39 is 0 Å². The summed E-state index contributed by atoms with van der Waals surface area (Å²) >= 11 is 0. The lowest BCUT2D eigenvalue weighted by Gasteiger charge is -2.31. The summed E-state index contributed by atoms with van der Waals surface area (Å²) in [7, 11) is 1.72. The molecule has 0 radical (unpaired) electrons. The minimum absolute atomic E-state index is 0.0175. The van der Waals surface area contributed by atoms with Gasteiger partial charge in [-0.25, -0.2) is 4.79 Å². The number of nitrogens with zero attached hydrogens (tertiary/aromatic N) is 2. The van der Waals surface area contributed by atoms with Crippen molar-refractivity contribution in [3.63, 3.8) is 0 Å². The average Bonchev–Trinajstić information content (AvgIpc) is 2.69. The second kappa shape index (κ2) is 8.50. The molecule has 2 aromatic carbocycles. The number of carbonyl (C=O) groups excluding carboxylic acids is 1. The Hall–Kier alpha value is -2.84. The van der Waals surface area contributed by atoms with Gasteiger partial charge in [0.15, 0.2) is 0 Å². The van der Waals surface area contributed by atoms with E-state index in [9.17, 15) is 4.79 Å². The van der Waals surface area contributed by atoms with Crippen LogP contribution >= 0.6 is 0 Å². The molecule has 1 heterocycles. The third-order valence-electron chi connectivity index (χ3n) is 4.85. The van der Waals surface area contributed by atoms with Gasteiger partial charge in [-0.15, -0.1) is 0 Å². The third-order valence-corrected chi connectivity index (χ3v) is 4.85. The Kier molecular flexibility index (Phi) is 5.88. The van der Waals surface area contributed by atoms with Gasteiger partial charge in [0.25, 0.3) is 0 Å². The Morgan fingerprint density at radius 3 is 2.73 bits per heavy atom. The lowest BCUT2D eigenvalue weighted by Crippen LogP contribution is -2.53. The van der Waals surface area contributed by atoms with E-state index in [1.54, 1.807) is 30.1 Å². The summed E-state index contributed by atoms with van der Waals surface area (Å²) in [6.45, 7) is 0.896. The quantitative estimate of drug-likeness (QED) is 0.891. The average molecular weight is 348 g/mol. The minimum Gasteiger partial charge on any atom is -0.322 e. The van der Waals surface area contributed by atoms with Crippen LogP contribution in [0.4, 0.5) is 10.5 Å². The first kappa shape index (κ1) is 18.0. The SMILES string of the molecule is CN(C(=O)N[C@H]1CC[C@@H](Cc2ccccc2)CN1)c1cccc(C#N)c1. The summed E-state index contributed by atoms with van der Waals surface area (Å²) in [6.07, 6.45) is 3.04. The number of hydrogen-bond donors (Lipinski definition) is 2. The van der Waals surface area contributed by atoms with Crippen molar-refractivity contribution in [2.45, 2.75) is 25.4 Å². The zero-order valence-corrected chi connectivity index (χ0v) is 15.0. The summed E-state index contributed by atoms with van der Waals surface area (Å²) in [5, 5.41) is 15.5. The van der Waals surface area contributed by atoms with Crippen molar-refractivity contribution < 1.29 is 4.79 Å². The molecule has 26 heavy (non-hydrogen) atoms. The van der Waals surface area contributed by atoms with E-state index in [2.05, 4.69) is 41.0 Å². The molecule has 0 aliphatic carbocycles. The molecule has 5 heteroatoms. The molecule has 0 bridgehead atoms. The molecule has 2 amide bonds. The molecule has 3 rings (SSSR count). The largest absolute Gasteiger partial charge is 0.322 e. The van der Waals surface area contributed by atoms with Crippen molar-refractivity contribution >= 4 is 11.7 Å². The number of piperidine rings is 1. The van der Waals surface area contributed by atoms with E-state index in [-0.39, 0.29) is 12.2 Å². The summed E-state index contributed by atoms with van der Waals surface area (Å²) < 4.78 is 0. The van der Waals surface area contributed by atoms with E-state index in [1.165, 1.54) is 5.56 Å². The van der Waals surface area contributed by atoms with Crippen molar-refractivity contribution in [2.24, 2.45) is 5.92 Å². The molecule has 2 atom stereocenters. The van der Waals surface area contributed by atoms with Crippen LogP contribution in [-0.4, -0.2) is 25.8 Å². The highest BCUT2D eigenvalue weighted by Gasteiger charge is 2.23. The highest BCUT2D eigenvalue weighted by Crippen LogP contribution is 2.19. The molecule has 0 unspecified atom stereocenters. The molecular formula is C21H24N4O. The van der Waals surface area contributed by atoms with Crippen LogP contribution in [0.25, 0.3) is 0 Å². The van der Waals surface area contributed by atoms with E-state index in [0.717, 1.165) is 25.8 Å². The molecule has 0 aromatic heterocycles. The first-order valence-electron chi connectivity index (χ1n) is 8.97. The zero-order chi connectivity index (χ0) is 18.4. The topological polar surface area (TPSA) is 68.2 Å². The second-order valence-electron chi connectivity index (χ2n) is 6.76. The van der Waals surface area contributed by atoms with Crippen LogP contribution in [0, 0.1) is 17.2 Å². The number of nitriles is 1. The minimum atomic E-state index is -0.168. The van der Waals surface area contributed by atoms with Crippen LogP contribution in [0.5, 0.6) is 0 Å². The molecule has 5 nitrogen and oxygen atoms in total. The fraction of sp³-hybridized carbons (Fsp3) is 0.333. The lowest BCUT2D eigenvalue weighted by atomic mass is 9.91. The normalized spacial score (nSPS) is 19.4. The van der Waals surface area contributed by atoms with Gasteiger partial charge in [-0.2, -0.15) is 5.26 Å². The monoisotopic (exact) mass is 348 g/mol. The molecular weight excluding hydrogens is 324 g/mol. The summed E-state index contributed by atoms with van der Waals surface area (Å²) in [6, 6.07) is 19.5. The first-order valence-corrected chi connectivity index (χ1v) is 8.97. The van der Waals surface area contributed by atoms with Crippen LogP contribution in [0.1, 0.15) is 24.0 Å². The fourth-order valence-electron chi connectivity index (χ4n) is 3.31. The Morgan fingerprint density at radius 1 is 1.23 bits per heavy atom. The summed E-state index contributed by atoms with van der Waals surface area (Å²) in [5.41, 5.74) is 2.61. The van der Waals surface area contributed by atoms with E-state index in [1.807, 2.05) is 12.1 Å². The Morgan fingerprint density at radius 2 is 2.04 bits per heavy atom. The maximum absolute atomic E-state index is 12.5. The van der Waals surface area contributed by atoms with Crippen molar-refractivity contribution in [1.82, 2.24) is 10.6 Å². The zero-order valence-electron chi connectivity index (χ0n) is 15.0. The van der Waals surface area contributed by atoms with Gasteiger partial charge in [0, 0.05) is 19.3 Å². The molecule has 0 spiro atoms. The molecule has 0 saturated carbocycles. The molecule has 134 valence electrons. The van der Waals surface area contributed by atoms with Crippen LogP contribution in [0.3, 0.4) is 0 Å². The van der Waals surface area contributed by atoms with E-state index in [0.29, 0.717) is 17.2 Å². The summed E-state index contributed by atoms with van der Waals surface area (Å²) in [4.78, 5) is 14.0. The van der Waals surface area contributed by atoms with Gasteiger partial charge in [0.05, 0.1) is 17.8 Å². The van der Waals surface area contributed by atoms with Gasteiger partial charge in [-0.1, -0.05) is 36.4 Å². The maximum atomic E-state index is 12.5. The number of rotatable bonds is 4. The first-order chi connectivity index (χ1) is 12.7. The highest BCUT2D eigenvalue weighted by atomic mass is 16.2. The number of nitrogens with one attached hydrogen (secondary N) is 2. The number of amides is 2.